The Labute approximate surface area is 139 Å². The van der Waals surface area contributed by atoms with Gasteiger partial charge in [-0.2, -0.15) is 0 Å². The van der Waals surface area contributed by atoms with Gasteiger partial charge >= 0.3 is 5.97 Å². The van der Waals surface area contributed by atoms with Crippen molar-refractivity contribution in [2.45, 2.75) is 18.3 Å². The molecule has 0 spiro atoms. The van der Waals surface area contributed by atoms with Gasteiger partial charge in [-0.05, 0) is 25.7 Å². The van der Waals surface area contributed by atoms with Crippen LogP contribution in [0.25, 0.3) is 0 Å². The number of carbonyl (C=O) groups is 3. The molecular formula is C16H19ClN2O4. The van der Waals surface area contributed by atoms with Gasteiger partial charge in [0.05, 0.1) is 11.8 Å². The van der Waals surface area contributed by atoms with E-state index in [9.17, 15) is 19.5 Å². The fourth-order valence-corrected chi connectivity index (χ4v) is 3.19. The van der Waals surface area contributed by atoms with Crippen LogP contribution < -0.4 is 0 Å². The molecular weight excluding hydrogens is 320 g/mol. The lowest BCUT2D eigenvalue weighted by Crippen LogP contribution is -2.42. The molecule has 0 aliphatic carbocycles. The summed E-state index contributed by atoms with van der Waals surface area (Å²) >= 11 is 6.18. The van der Waals surface area contributed by atoms with Crippen molar-refractivity contribution in [2.75, 3.05) is 27.2 Å². The number of amides is 2. The van der Waals surface area contributed by atoms with Crippen LogP contribution in [0.5, 0.6) is 0 Å². The van der Waals surface area contributed by atoms with Crippen LogP contribution in [0.3, 0.4) is 0 Å². The lowest BCUT2D eigenvalue weighted by atomic mass is 9.76. The Morgan fingerprint density at radius 3 is 2.57 bits per heavy atom. The van der Waals surface area contributed by atoms with E-state index in [2.05, 4.69) is 0 Å². The molecule has 0 aromatic heterocycles. The highest BCUT2D eigenvalue weighted by Gasteiger charge is 2.54. The van der Waals surface area contributed by atoms with Gasteiger partial charge in [0, 0.05) is 24.5 Å². The van der Waals surface area contributed by atoms with Gasteiger partial charge in [-0.15, -0.1) is 0 Å². The number of nitrogens with zero attached hydrogens (tertiary/aromatic N) is 2. The molecule has 0 saturated carbocycles. The molecule has 0 bridgehead atoms. The molecule has 1 heterocycles. The first-order valence-corrected chi connectivity index (χ1v) is 7.62. The van der Waals surface area contributed by atoms with Crippen LogP contribution in [-0.2, 0) is 19.8 Å². The highest BCUT2D eigenvalue weighted by molar-refractivity contribution is 6.32. The van der Waals surface area contributed by atoms with E-state index in [1.165, 1.54) is 0 Å². The summed E-state index contributed by atoms with van der Waals surface area (Å²) in [5.41, 5.74) is -1.03. The number of imide groups is 1. The minimum absolute atomic E-state index is 0.171. The zero-order valence-corrected chi connectivity index (χ0v) is 13.8. The van der Waals surface area contributed by atoms with E-state index in [-0.39, 0.29) is 18.9 Å². The molecule has 23 heavy (non-hydrogen) atoms. The van der Waals surface area contributed by atoms with Crippen molar-refractivity contribution in [2.24, 2.45) is 0 Å². The molecule has 2 amide bonds. The van der Waals surface area contributed by atoms with Crippen molar-refractivity contribution in [3.63, 3.8) is 0 Å². The van der Waals surface area contributed by atoms with Gasteiger partial charge in [0.2, 0.25) is 11.8 Å². The summed E-state index contributed by atoms with van der Waals surface area (Å²) in [5.74, 6) is -1.99. The average Bonchev–Trinajstić information content (AvgIpc) is 2.68. The molecule has 7 heteroatoms. The van der Waals surface area contributed by atoms with Crippen molar-refractivity contribution < 1.29 is 19.5 Å². The molecule has 1 aliphatic heterocycles. The second-order valence-corrected chi connectivity index (χ2v) is 6.37. The lowest BCUT2D eigenvalue weighted by Gasteiger charge is -2.27. The quantitative estimate of drug-likeness (QED) is 0.793. The van der Waals surface area contributed by atoms with Crippen LogP contribution in [0, 0.1) is 0 Å². The van der Waals surface area contributed by atoms with Gasteiger partial charge in [0.25, 0.3) is 0 Å². The summed E-state index contributed by atoms with van der Waals surface area (Å²) in [6, 6.07) is 6.60. The van der Waals surface area contributed by atoms with Crippen LogP contribution in [0.1, 0.15) is 18.4 Å². The van der Waals surface area contributed by atoms with E-state index < -0.39 is 23.7 Å². The summed E-state index contributed by atoms with van der Waals surface area (Å²) in [7, 11) is 3.67. The van der Waals surface area contributed by atoms with Crippen LogP contribution in [0.2, 0.25) is 5.02 Å². The minimum Gasteiger partial charge on any atom is -0.481 e. The van der Waals surface area contributed by atoms with Crippen LogP contribution in [0.4, 0.5) is 0 Å². The number of hydrogen-bond acceptors (Lipinski definition) is 4. The van der Waals surface area contributed by atoms with E-state index in [0.717, 1.165) is 4.90 Å². The monoisotopic (exact) mass is 338 g/mol. The third-order valence-electron chi connectivity index (χ3n) is 4.02. The third-order valence-corrected chi connectivity index (χ3v) is 4.35. The van der Waals surface area contributed by atoms with Crippen LogP contribution in [0.15, 0.2) is 24.3 Å². The molecule has 124 valence electrons. The van der Waals surface area contributed by atoms with Crippen molar-refractivity contribution in [1.82, 2.24) is 9.80 Å². The highest BCUT2D eigenvalue weighted by Crippen LogP contribution is 2.42. The van der Waals surface area contributed by atoms with E-state index in [0.29, 0.717) is 17.1 Å². The maximum absolute atomic E-state index is 12.9. The zero-order chi connectivity index (χ0) is 17.2. The van der Waals surface area contributed by atoms with Gasteiger partial charge < -0.3 is 10.0 Å². The number of carboxylic acids is 1. The van der Waals surface area contributed by atoms with Gasteiger partial charge in [-0.25, -0.2) is 0 Å². The normalized spacial score (nSPS) is 21.3. The predicted octanol–water partition coefficient (Wildman–Crippen LogP) is 1.37. The molecule has 1 atom stereocenters. The molecule has 1 aliphatic rings. The number of carbonyl (C=O) groups excluding carboxylic acids is 2. The van der Waals surface area contributed by atoms with E-state index in [1.807, 2.05) is 19.0 Å². The van der Waals surface area contributed by atoms with Crippen molar-refractivity contribution in [3.8, 4) is 0 Å². The first-order chi connectivity index (χ1) is 10.8. The second kappa shape index (κ2) is 6.68. The molecule has 1 N–H and O–H groups in total. The summed E-state index contributed by atoms with van der Waals surface area (Å²) < 4.78 is 0. The van der Waals surface area contributed by atoms with Gasteiger partial charge in [0.15, 0.2) is 0 Å². The molecule has 0 radical (unpaired) electrons. The average molecular weight is 339 g/mol. The highest BCUT2D eigenvalue weighted by atomic mass is 35.5. The van der Waals surface area contributed by atoms with Crippen molar-refractivity contribution in [1.29, 1.82) is 0 Å². The van der Waals surface area contributed by atoms with E-state index in [4.69, 9.17) is 11.6 Å². The Balaban J connectivity index is 2.44. The molecule has 1 fully saturated rings. The first kappa shape index (κ1) is 17.4. The fraction of sp³-hybridized carbons (Fsp3) is 0.438. The van der Waals surface area contributed by atoms with E-state index >= 15 is 0 Å². The summed E-state index contributed by atoms with van der Waals surface area (Å²) in [6.07, 6.45) is -0.630. The maximum atomic E-state index is 12.9. The Morgan fingerprint density at radius 1 is 1.35 bits per heavy atom. The van der Waals surface area contributed by atoms with Crippen LogP contribution in [-0.4, -0.2) is 59.9 Å². The smallest absolute Gasteiger partial charge is 0.304 e. The number of benzene rings is 1. The first-order valence-electron chi connectivity index (χ1n) is 7.24. The molecule has 6 nitrogen and oxygen atoms in total. The zero-order valence-electron chi connectivity index (χ0n) is 13.1. The number of likely N-dealkylation sites (tertiary alicyclic amines) is 1. The molecule has 2 rings (SSSR count). The predicted molar refractivity (Wildman–Crippen MR) is 85.3 cm³/mol. The van der Waals surface area contributed by atoms with Gasteiger partial charge in [-0.3, -0.25) is 19.3 Å². The number of hydrogen-bond donors (Lipinski definition) is 1. The summed E-state index contributed by atoms with van der Waals surface area (Å²) in [4.78, 5) is 39.6. The topological polar surface area (TPSA) is 77.9 Å². The standard InChI is InChI=1S/C16H19ClN2O4/c1-18(2)7-8-19-13(20)9-16(15(19)23,10-14(21)22)11-5-3-4-6-12(11)17/h3-6H,7-10H2,1-2H3,(H,21,22)/t16-/m0/s1. The summed E-state index contributed by atoms with van der Waals surface area (Å²) in [6.45, 7) is 0.750. The number of likely N-dealkylation sites (N-methyl/N-ethyl adjacent to an activating group) is 1. The van der Waals surface area contributed by atoms with Crippen molar-refractivity contribution in [3.05, 3.63) is 34.9 Å². The van der Waals surface area contributed by atoms with Crippen LogP contribution >= 0.6 is 11.6 Å². The minimum atomic E-state index is -1.42. The molecule has 0 unspecified atom stereocenters. The number of rotatable bonds is 6. The number of halogens is 1. The third kappa shape index (κ3) is 3.38. The van der Waals surface area contributed by atoms with E-state index in [1.54, 1.807) is 24.3 Å². The Bertz CT molecular complexity index is 647. The number of carboxylic acid groups (broad SMARTS) is 1. The SMILES string of the molecule is CN(C)CCN1C(=O)C[C@](CC(=O)O)(c2ccccc2Cl)C1=O. The fourth-order valence-electron chi connectivity index (χ4n) is 2.88. The molecule has 1 saturated heterocycles. The largest absolute Gasteiger partial charge is 0.481 e. The Kier molecular flexibility index (Phi) is 5.06. The van der Waals surface area contributed by atoms with Crippen molar-refractivity contribution >= 4 is 29.4 Å². The Hall–Kier alpha value is -1.92. The lowest BCUT2D eigenvalue weighted by molar-refractivity contribution is -0.145. The van der Waals surface area contributed by atoms with Gasteiger partial charge in [-0.1, -0.05) is 29.8 Å². The Morgan fingerprint density at radius 2 is 2.00 bits per heavy atom. The summed E-state index contributed by atoms with van der Waals surface area (Å²) in [5, 5.41) is 9.56. The molecule has 1 aromatic carbocycles. The second-order valence-electron chi connectivity index (χ2n) is 5.96. The maximum Gasteiger partial charge on any atom is 0.304 e. The molecule has 1 aromatic rings. The van der Waals surface area contributed by atoms with Gasteiger partial charge in [0.1, 0.15) is 0 Å². The number of aliphatic carboxylic acids is 1.